The molecule has 0 spiro atoms. The summed E-state index contributed by atoms with van der Waals surface area (Å²) in [5.74, 6) is -2.13. The maximum Gasteiger partial charge on any atom is 0.335 e. The molecule has 0 radical (unpaired) electrons. The average Bonchev–Trinajstić information content (AvgIpc) is 2.38. The SMILES string of the molecule is C=CC(O)CO.O=C(O)c1ccc(C(=O)O)cc1. The molecule has 1 rings (SSSR count). The van der Waals surface area contributed by atoms with Crippen molar-refractivity contribution in [1.82, 2.24) is 0 Å². The molecule has 0 aliphatic rings. The van der Waals surface area contributed by atoms with Crippen molar-refractivity contribution in [3.8, 4) is 0 Å². The van der Waals surface area contributed by atoms with Gasteiger partial charge in [0.05, 0.1) is 23.8 Å². The quantitative estimate of drug-likeness (QED) is 0.585. The molecule has 1 aromatic rings. The van der Waals surface area contributed by atoms with E-state index in [4.69, 9.17) is 20.4 Å². The van der Waals surface area contributed by atoms with Gasteiger partial charge in [0.15, 0.2) is 0 Å². The van der Waals surface area contributed by atoms with E-state index in [0.717, 1.165) is 0 Å². The number of hydrogen-bond donors (Lipinski definition) is 4. The summed E-state index contributed by atoms with van der Waals surface area (Å²) in [4.78, 5) is 20.7. The third-order valence-electron chi connectivity index (χ3n) is 1.84. The maximum atomic E-state index is 10.3. The highest BCUT2D eigenvalue weighted by atomic mass is 16.4. The predicted octanol–water partition coefficient (Wildman–Crippen LogP) is 0.609. The summed E-state index contributed by atoms with van der Waals surface area (Å²) in [5, 5.41) is 33.2. The number of rotatable bonds is 4. The van der Waals surface area contributed by atoms with Crippen molar-refractivity contribution in [2.24, 2.45) is 0 Å². The van der Waals surface area contributed by atoms with Crippen molar-refractivity contribution >= 4 is 11.9 Å². The van der Waals surface area contributed by atoms with Crippen LogP contribution in [-0.2, 0) is 0 Å². The number of benzene rings is 1. The van der Waals surface area contributed by atoms with Gasteiger partial charge < -0.3 is 20.4 Å². The van der Waals surface area contributed by atoms with E-state index in [1.54, 1.807) is 0 Å². The Labute approximate surface area is 103 Å². The van der Waals surface area contributed by atoms with Crippen LogP contribution < -0.4 is 0 Å². The number of aliphatic hydroxyl groups is 2. The number of carboxylic acid groups (broad SMARTS) is 2. The van der Waals surface area contributed by atoms with Crippen LogP contribution in [-0.4, -0.2) is 45.1 Å². The molecule has 0 fully saturated rings. The zero-order chi connectivity index (χ0) is 14.1. The third-order valence-corrected chi connectivity index (χ3v) is 1.84. The highest BCUT2D eigenvalue weighted by molar-refractivity contribution is 5.91. The molecule has 4 N–H and O–H groups in total. The molecule has 18 heavy (non-hydrogen) atoms. The Kier molecular flexibility index (Phi) is 7.02. The molecule has 0 aliphatic carbocycles. The van der Waals surface area contributed by atoms with E-state index >= 15 is 0 Å². The standard InChI is InChI=1S/C8H6O4.C4H8O2/c9-7(10)5-1-2-6(4-3-5)8(11)12;1-2-4(6)3-5/h1-4H,(H,9,10)(H,11,12);2,4-6H,1,3H2. The van der Waals surface area contributed by atoms with Crippen LogP contribution in [0.4, 0.5) is 0 Å². The smallest absolute Gasteiger partial charge is 0.335 e. The Morgan fingerprint density at radius 3 is 1.56 bits per heavy atom. The molecule has 1 unspecified atom stereocenters. The lowest BCUT2D eigenvalue weighted by molar-refractivity contribution is 0.0681. The number of hydrogen-bond acceptors (Lipinski definition) is 4. The van der Waals surface area contributed by atoms with E-state index in [2.05, 4.69) is 6.58 Å². The highest BCUT2D eigenvalue weighted by Crippen LogP contribution is 2.03. The van der Waals surface area contributed by atoms with Gasteiger partial charge in [-0.05, 0) is 24.3 Å². The zero-order valence-corrected chi connectivity index (χ0v) is 9.48. The normalized spacial score (nSPS) is 10.8. The van der Waals surface area contributed by atoms with E-state index in [9.17, 15) is 9.59 Å². The van der Waals surface area contributed by atoms with Gasteiger partial charge in [-0.15, -0.1) is 6.58 Å². The number of carboxylic acids is 2. The fraction of sp³-hybridized carbons (Fsp3) is 0.167. The van der Waals surface area contributed by atoms with Gasteiger partial charge in [0.25, 0.3) is 0 Å². The van der Waals surface area contributed by atoms with Crippen LogP contribution in [0.2, 0.25) is 0 Å². The van der Waals surface area contributed by atoms with Gasteiger partial charge in [0.1, 0.15) is 0 Å². The van der Waals surface area contributed by atoms with Crippen molar-refractivity contribution in [3.05, 3.63) is 48.0 Å². The number of aromatic carboxylic acids is 2. The van der Waals surface area contributed by atoms with Gasteiger partial charge in [-0.2, -0.15) is 0 Å². The van der Waals surface area contributed by atoms with Crippen molar-refractivity contribution < 1.29 is 30.0 Å². The minimum Gasteiger partial charge on any atom is -0.478 e. The lowest BCUT2D eigenvalue weighted by Gasteiger charge is -1.94. The Morgan fingerprint density at radius 1 is 1.11 bits per heavy atom. The first kappa shape index (κ1) is 15.8. The molecule has 0 heterocycles. The summed E-state index contributed by atoms with van der Waals surface area (Å²) < 4.78 is 0. The molecule has 1 atom stereocenters. The molecule has 0 aromatic heterocycles. The number of aliphatic hydroxyl groups excluding tert-OH is 2. The van der Waals surface area contributed by atoms with Gasteiger partial charge in [0.2, 0.25) is 0 Å². The fourth-order valence-electron chi connectivity index (χ4n) is 0.830. The largest absolute Gasteiger partial charge is 0.478 e. The monoisotopic (exact) mass is 254 g/mol. The zero-order valence-electron chi connectivity index (χ0n) is 9.48. The van der Waals surface area contributed by atoms with Crippen molar-refractivity contribution in [2.45, 2.75) is 6.10 Å². The topological polar surface area (TPSA) is 115 Å². The van der Waals surface area contributed by atoms with Crippen LogP contribution >= 0.6 is 0 Å². The molecule has 6 nitrogen and oxygen atoms in total. The molecule has 0 aliphatic heterocycles. The summed E-state index contributed by atoms with van der Waals surface area (Å²) in [7, 11) is 0. The van der Waals surface area contributed by atoms with Crippen LogP contribution in [0.5, 0.6) is 0 Å². The second kappa shape index (κ2) is 7.99. The minimum atomic E-state index is -1.06. The Balaban J connectivity index is 0.000000411. The van der Waals surface area contributed by atoms with Gasteiger partial charge >= 0.3 is 11.9 Å². The van der Waals surface area contributed by atoms with Gasteiger partial charge in [-0.1, -0.05) is 6.08 Å². The van der Waals surface area contributed by atoms with Crippen LogP contribution in [0.3, 0.4) is 0 Å². The molecule has 0 saturated heterocycles. The first-order chi connectivity index (χ1) is 8.42. The summed E-state index contributed by atoms with van der Waals surface area (Å²) >= 11 is 0. The Morgan fingerprint density at radius 2 is 1.44 bits per heavy atom. The first-order valence-corrected chi connectivity index (χ1v) is 4.90. The molecule has 98 valence electrons. The molecule has 0 bridgehead atoms. The summed E-state index contributed by atoms with van der Waals surface area (Å²) in [6.45, 7) is 2.99. The lowest BCUT2D eigenvalue weighted by Crippen LogP contribution is -2.05. The van der Waals surface area contributed by atoms with E-state index < -0.39 is 18.0 Å². The fourth-order valence-corrected chi connectivity index (χ4v) is 0.830. The highest BCUT2D eigenvalue weighted by Gasteiger charge is 2.04. The molecular weight excluding hydrogens is 240 g/mol. The number of carbonyl (C=O) groups is 2. The molecule has 0 amide bonds. The van der Waals surface area contributed by atoms with Crippen molar-refractivity contribution in [2.75, 3.05) is 6.61 Å². The van der Waals surface area contributed by atoms with Crippen LogP contribution in [0.15, 0.2) is 36.9 Å². The maximum absolute atomic E-state index is 10.3. The lowest BCUT2D eigenvalue weighted by atomic mass is 10.1. The minimum absolute atomic E-state index is 0.0833. The second-order valence-electron chi connectivity index (χ2n) is 3.17. The molecule has 6 heteroatoms. The van der Waals surface area contributed by atoms with Crippen LogP contribution in [0, 0.1) is 0 Å². The van der Waals surface area contributed by atoms with E-state index in [1.165, 1.54) is 30.3 Å². The second-order valence-corrected chi connectivity index (χ2v) is 3.17. The average molecular weight is 254 g/mol. The van der Waals surface area contributed by atoms with E-state index in [1.807, 2.05) is 0 Å². The van der Waals surface area contributed by atoms with Gasteiger partial charge in [0, 0.05) is 0 Å². The molecular formula is C12H14O6. The summed E-state index contributed by atoms with van der Waals surface area (Å²) in [6, 6.07) is 5.02. The molecule has 0 saturated carbocycles. The summed E-state index contributed by atoms with van der Waals surface area (Å²) in [5.41, 5.74) is 0.167. The predicted molar refractivity (Wildman–Crippen MR) is 63.7 cm³/mol. The van der Waals surface area contributed by atoms with E-state index in [-0.39, 0.29) is 17.7 Å². The van der Waals surface area contributed by atoms with Crippen LogP contribution in [0.25, 0.3) is 0 Å². The van der Waals surface area contributed by atoms with Gasteiger partial charge in [-0.3, -0.25) is 0 Å². The van der Waals surface area contributed by atoms with E-state index in [0.29, 0.717) is 0 Å². The molecule has 1 aromatic carbocycles. The first-order valence-electron chi connectivity index (χ1n) is 4.90. The summed E-state index contributed by atoms with van der Waals surface area (Å²) in [6.07, 6.45) is 0.532. The Hall–Kier alpha value is -2.18. The Bertz CT molecular complexity index is 376. The van der Waals surface area contributed by atoms with Crippen molar-refractivity contribution in [1.29, 1.82) is 0 Å². The van der Waals surface area contributed by atoms with Gasteiger partial charge in [-0.25, -0.2) is 9.59 Å². The van der Waals surface area contributed by atoms with Crippen molar-refractivity contribution in [3.63, 3.8) is 0 Å². The third kappa shape index (κ3) is 5.78. The van der Waals surface area contributed by atoms with Crippen LogP contribution in [0.1, 0.15) is 20.7 Å².